The molecular weight excluding hydrogens is 404 g/mol. The van der Waals surface area contributed by atoms with Gasteiger partial charge in [-0.15, -0.1) is 11.8 Å². The van der Waals surface area contributed by atoms with Crippen LogP contribution in [0, 0.1) is 6.92 Å². The number of hydrogen-bond acceptors (Lipinski definition) is 4. The van der Waals surface area contributed by atoms with Crippen molar-refractivity contribution in [1.82, 2.24) is 9.97 Å². The van der Waals surface area contributed by atoms with Crippen molar-refractivity contribution in [3.8, 4) is 5.75 Å². The molecule has 1 aliphatic carbocycles. The van der Waals surface area contributed by atoms with Crippen LogP contribution in [0.5, 0.6) is 5.75 Å². The van der Waals surface area contributed by atoms with Gasteiger partial charge in [-0.2, -0.15) is 0 Å². The molecule has 0 aliphatic heterocycles. The first kappa shape index (κ1) is 19.8. The van der Waals surface area contributed by atoms with Gasteiger partial charge in [0, 0.05) is 11.3 Å². The van der Waals surface area contributed by atoms with E-state index in [1.165, 1.54) is 11.1 Å². The average Bonchev–Trinajstić information content (AvgIpc) is 3.56. The van der Waals surface area contributed by atoms with Crippen molar-refractivity contribution in [2.45, 2.75) is 37.0 Å². The molecule has 31 heavy (non-hydrogen) atoms. The van der Waals surface area contributed by atoms with Crippen LogP contribution in [-0.2, 0) is 12.4 Å². The molecule has 2 N–H and O–H groups in total. The highest BCUT2D eigenvalue weighted by Gasteiger charge is 2.19. The Morgan fingerprint density at radius 2 is 1.87 bits per heavy atom. The van der Waals surface area contributed by atoms with Gasteiger partial charge in [0.1, 0.15) is 23.9 Å². The minimum absolute atomic E-state index is 0.360. The molecule has 1 saturated carbocycles. The van der Waals surface area contributed by atoms with Gasteiger partial charge in [-0.25, -0.2) is 4.98 Å². The Kier molecular flexibility index (Phi) is 5.43. The minimum Gasteiger partial charge on any atom is -0.507 e. The second kappa shape index (κ2) is 8.52. The number of aryl methyl sites for hydroxylation is 1. The van der Waals surface area contributed by atoms with E-state index < -0.39 is 0 Å². The smallest absolute Gasteiger partial charge is 0.146 e. The molecule has 5 heteroatoms. The molecule has 0 atom stereocenters. The Morgan fingerprint density at radius 3 is 2.65 bits per heavy atom. The summed E-state index contributed by atoms with van der Waals surface area (Å²) in [7, 11) is 0. The summed E-state index contributed by atoms with van der Waals surface area (Å²) in [5.41, 5.74) is 6.44. The summed E-state index contributed by atoms with van der Waals surface area (Å²) in [5.74, 6) is 2.85. The van der Waals surface area contributed by atoms with Gasteiger partial charge < -0.3 is 14.8 Å². The van der Waals surface area contributed by atoms with E-state index in [0.717, 1.165) is 57.2 Å². The second-order valence-electron chi connectivity index (χ2n) is 7.88. The molecule has 0 bridgehead atoms. The maximum Gasteiger partial charge on any atom is 0.146 e. The molecule has 0 spiro atoms. The highest BCUT2D eigenvalue weighted by molar-refractivity contribution is 7.98. The number of rotatable bonds is 7. The van der Waals surface area contributed by atoms with Crippen LogP contribution in [0.15, 0.2) is 77.2 Å². The molecule has 0 unspecified atom stereocenters. The number of benzene rings is 3. The molecule has 0 amide bonds. The van der Waals surface area contributed by atoms with E-state index in [4.69, 9.17) is 4.74 Å². The molecule has 3 aromatic carbocycles. The Bertz CT molecular complexity index is 1220. The lowest BCUT2D eigenvalue weighted by Crippen LogP contribution is -1.99. The summed E-state index contributed by atoms with van der Waals surface area (Å²) in [4.78, 5) is 8.93. The van der Waals surface area contributed by atoms with E-state index in [2.05, 4.69) is 41.2 Å². The Hall–Kier alpha value is -3.18. The number of fused-ring (bicyclic) bond motifs is 1. The Morgan fingerprint density at radius 1 is 1.06 bits per heavy atom. The van der Waals surface area contributed by atoms with Gasteiger partial charge in [0.25, 0.3) is 0 Å². The van der Waals surface area contributed by atoms with Gasteiger partial charge in [-0.3, -0.25) is 0 Å². The van der Waals surface area contributed by atoms with Crippen LogP contribution in [0.2, 0.25) is 0 Å². The predicted octanol–water partition coefficient (Wildman–Crippen LogP) is 6.81. The molecule has 0 saturated heterocycles. The minimum atomic E-state index is 0.360. The third-order valence-corrected chi connectivity index (χ3v) is 6.48. The highest BCUT2D eigenvalue weighted by Crippen LogP contribution is 2.39. The Labute approximate surface area is 186 Å². The lowest BCUT2D eigenvalue weighted by atomic mass is 10.1. The highest BCUT2D eigenvalue weighted by atomic mass is 32.2. The Balaban J connectivity index is 1.37. The lowest BCUT2D eigenvalue weighted by molar-refractivity contribution is 0.290. The zero-order chi connectivity index (χ0) is 21.2. The molecule has 156 valence electrons. The topological polar surface area (TPSA) is 58.1 Å². The third kappa shape index (κ3) is 4.62. The van der Waals surface area contributed by atoms with Crippen LogP contribution in [-0.4, -0.2) is 15.1 Å². The molecular formula is C26H24N2O2S. The van der Waals surface area contributed by atoms with Gasteiger partial charge in [-0.05, 0) is 61.2 Å². The normalized spacial score (nSPS) is 12.9. The molecule has 0 radical (unpaired) electrons. The summed E-state index contributed by atoms with van der Waals surface area (Å²) in [6.07, 6.45) is 1.98. The number of nitrogens with one attached hydrogen (secondary N) is 1. The number of nitrogens with zero attached hydrogens (tertiary/aromatic N) is 1. The lowest BCUT2D eigenvalue weighted by Gasteiger charge is -2.13. The largest absolute Gasteiger partial charge is 0.507 e. The first-order valence-corrected chi connectivity index (χ1v) is 11.4. The summed E-state index contributed by atoms with van der Waals surface area (Å²) < 4.78 is 6.16. The molecule has 1 heterocycles. The predicted molar refractivity (Wildman–Crippen MR) is 126 cm³/mol. The van der Waals surface area contributed by atoms with Gasteiger partial charge in [0.15, 0.2) is 0 Å². The number of aromatic nitrogens is 2. The molecule has 1 fully saturated rings. The van der Waals surface area contributed by atoms with E-state index in [0.29, 0.717) is 12.4 Å². The zero-order valence-corrected chi connectivity index (χ0v) is 18.2. The standard InChI is InChI=1S/C26H24N2O2S/c1-17-6-8-18(9-7-17)16-31-24-14-20(26(29)19-10-11-19)12-13-23(24)30-15-25-27-21-4-2-3-5-22(21)28-25/h2-9,12-14,29H,10-11,15-16H2,1H3,(H,27,28). The van der Waals surface area contributed by atoms with Gasteiger partial charge in [0.05, 0.1) is 15.9 Å². The molecule has 4 nitrogen and oxygen atoms in total. The fraction of sp³-hybridized carbons (Fsp3) is 0.192. The molecule has 5 rings (SSSR count). The SMILES string of the molecule is Cc1ccc(CSc2cc(C(O)=C3CC3)ccc2OCc2nc3ccccc3[nH]2)cc1. The van der Waals surface area contributed by atoms with Crippen molar-refractivity contribution in [3.05, 3.63) is 94.8 Å². The number of aliphatic hydroxyl groups excluding tert-OH is 1. The first-order chi connectivity index (χ1) is 15.2. The van der Waals surface area contributed by atoms with E-state index in [-0.39, 0.29) is 0 Å². The van der Waals surface area contributed by atoms with Crippen LogP contribution in [0.1, 0.15) is 35.4 Å². The van der Waals surface area contributed by atoms with Crippen LogP contribution < -0.4 is 4.74 Å². The quantitative estimate of drug-likeness (QED) is 0.251. The van der Waals surface area contributed by atoms with Crippen LogP contribution in [0.3, 0.4) is 0 Å². The van der Waals surface area contributed by atoms with Gasteiger partial charge in [0.2, 0.25) is 0 Å². The number of ether oxygens (including phenoxy) is 1. The average molecular weight is 429 g/mol. The fourth-order valence-electron chi connectivity index (χ4n) is 3.46. The number of para-hydroxylation sites is 2. The number of aromatic amines is 1. The number of imidazole rings is 1. The van der Waals surface area contributed by atoms with Gasteiger partial charge in [-0.1, -0.05) is 42.0 Å². The third-order valence-electron chi connectivity index (χ3n) is 5.37. The van der Waals surface area contributed by atoms with Crippen molar-refractivity contribution < 1.29 is 9.84 Å². The van der Waals surface area contributed by atoms with Crippen LogP contribution >= 0.6 is 11.8 Å². The van der Waals surface area contributed by atoms with Crippen molar-refractivity contribution >= 4 is 28.6 Å². The zero-order valence-electron chi connectivity index (χ0n) is 17.4. The van der Waals surface area contributed by atoms with Crippen LogP contribution in [0.25, 0.3) is 16.8 Å². The maximum absolute atomic E-state index is 10.5. The summed E-state index contributed by atoms with van der Waals surface area (Å²) in [5, 5.41) is 10.5. The van der Waals surface area contributed by atoms with Crippen molar-refractivity contribution in [3.63, 3.8) is 0 Å². The fourth-order valence-corrected chi connectivity index (χ4v) is 4.45. The van der Waals surface area contributed by atoms with E-state index in [1.54, 1.807) is 11.8 Å². The first-order valence-electron chi connectivity index (χ1n) is 10.5. The second-order valence-corrected chi connectivity index (χ2v) is 8.89. The van der Waals surface area contributed by atoms with E-state index in [1.807, 2.05) is 42.5 Å². The van der Waals surface area contributed by atoms with Crippen molar-refractivity contribution in [1.29, 1.82) is 0 Å². The monoisotopic (exact) mass is 428 g/mol. The van der Waals surface area contributed by atoms with Crippen LogP contribution in [0.4, 0.5) is 0 Å². The molecule has 1 aliphatic rings. The number of aliphatic hydroxyl groups is 1. The molecule has 4 aromatic rings. The summed E-state index contributed by atoms with van der Waals surface area (Å²) >= 11 is 1.72. The maximum atomic E-state index is 10.5. The molecule has 1 aromatic heterocycles. The summed E-state index contributed by atoms with van der Waals surface area (Å²) in [6, 6.07) is 22.5. The van der Waals surface area contributed by atoms with E-state index in [9.17, 15) is 5.11 Å². The number of H-pyrrole nitrogens is 1. The number of thioether (sulfide) groups is 1. The van der Waals surface area contributed by atoms with E-state index >= 15 is 0 Å². The summed E-state index contributed by atoms with van der Waals surface area (Å²) in [6.45, 7) is 2.46. The van der Waals surface area contributed by atoms with Crippen molar-refractivity contribution in [2.75, 3.05) is 0 Å². The van der Waals surface area contributed by atoms with Gasteiger partial charge >= 0.3 is 0 Å². The number of hydrogen-bond donors (Lipinski definition) is 2. The number of allylic oxidation sites excluding steroid dienone is 1. The van der Waals surface area contributed by atoms with Crippen molar-refractivity contribution in [2.24, 2.45) is 0 Å².